The summed E-state index contributed by atoms with van der Waals surface area (Å²) in [6.07, 6.45) is 2.58. The first-order chi connectivity index (χ1) is 8.56. The minimum Gasteiger partial charge on any atom is -0.325 e. The van der Waals surface area contributed by atoms with Gasteiger partial charge >= 0.3 is 0 Å². The van der Waals surface area contributed by atoms with Gasteiger partial charge in [0.25, 0.3) is 0 Å². The molecule has 18 heavy (non-hydrogen) atoms. The van der Waals surface area contributed by atoms with Crippen molar-refractivity contribution < 1.29 is 4.79 Å². The summed E-state index contributed by atoms with van der Waals surface area (Å²) in [5, 5.41) is 6.29. The lowest BCUT2D eigenvalue weighted by molar-refractivity contribution is -0.118. The molecule has 1 fully saturated rings. The number of rotatable bonds is 5. The summed E-state index contributed by atoms with van der Waals surface area (Å²) < 4.78 is 0. The van der Waals surface area contributed by atoms with E-state index in [1.54, 1.807) is 0 Å². The van der Waals surface area contributed by atoms with E-state index in [0.717, 1.165) is 11.6 Å². The maximum atomic E-state index is 12.0. The van der Waals surface area contributed by atoms with Gasteiger partial charge in [-0.25, -0.2) is 0 Å². The number of hydrogen-bond acceptors (Lipinski definition) is 2. The molecule has 0 aromatic heterocycles. The molecule has 1 saturated carbocycles. The van der Waals surface area contributed by atoms with Crippen molar-refractivity contribution in [3.8, 4) is 0 Å². The average Bonchev–Trinajstić information content (AvgIpc) is 3.16. The molecule has 2 rings (SSSR count). The predicted octanol–water partition coefficient (Wildman–Crippen LogP) is 2.71. The molecule has 2 atom stereocenters. The SMILES string of the molecule is Cc1ccc(NC(=O)C(C)NC(C)C2CC2)cc1. The Labute approximate surface area is 109 Å². The van der Waals surface area contributed by atoms with E-state index in [4.69, 9.17) is 0 Å². The Morgan fingerprint density at radius 2 is 1.83 bits per heavy atom. The van der Waals surface area contributed by atoms with E-state index in [1.165, 1.54) is 18.4 Å². The molecule has 3 heteroatoms. The summed E-state index contributed by atoms with van der Waals surface area (Å²) in [7, 11) is 0. The summed E-state index contributed by atoms with van der Waals surface area (Å²) in [6.45, 7) is 6.11. The second kappa shape index (κ2) is 5.53. The van der Waals surface area contributed by atoms with Crippen LogP contribution in [0.15, 0.2) is 24.3 Å². The Hall–Kier alpha value is -1.35. The highest BCUT2D eigenvalue weighted by molar-refractivity contribution is 5.94. The summed E-state index contributed by atoms with van der Waals surface area (Å²) >= 11 is 0. The van der Waals surface area contributed by atoms with E-state index in [-0.39, 0.29) is 11.9 Å². The van der Waals surface area contributed by atoms with Crippen molar-refractivity contribution in [2.75, 3.05) is 5.32 Å². The second-order valence-electron chi connectivity index (χ2n) is 5.37. The zero-order valence-corrected chi connectivity index (χ0v) is 11.4. The van der Waals surface area contributed by atoms with Crippen LogP contribution in [0.1, 0.15) is 32.3 Å². The number of nitrogens with one attached hydrogen (secondary N) is 2. The van der Waals surface area contributed by atoms with Crippen molar-refractivity contribution in [2.45, 2.75) is 45.7 Å². The number of amides is 1. The highest BCUT2D eigenvalue weighted by atomic mass is 16.2. The fraction of sp³-hybridized carbons (Fsp3) is 0.533. The molecule has 1 aromatic carbocycles. The molecule has 1 aliphatic carbocycles. The molecular formula is C15H22N2O. The van der Waals surface area contributed by atoms with Crippen LogP contribution in [0, 0.1) is 12.8 Å². The van der Waals surface area contributed by atoms with E-state index < -0.39 is 0 Å². The van der Waals surface area contributed by atoms with Crippen LogP contribution in [0.2, 0.25) is 0 Å². The molecule has 0 heterocycles. The van der Waals surface area contributed by atoms with E-state index >= 15 is 0 Å². The normalized spacial score (nSPS) is 18.2. The van der Waals surface area contributed by atoms with Gasteiger partial charge in [0.1, 0.15) is 0 Å². The fourth-order valence-electron chi connectivity index (χ4n) is 2.09. The maximum absolute atomic E-state index is 12.0. The highest BCUT2D eigenvalue weighted by Gasteiger charge is 2.29. The van der Waals surface area contributed by atoms with Gasteiger partial charge in [0, 0.05) is 11.7 Å². The molecule has 0 bridgehead atoms. The Bertz CT molecular complexity index is 409. The summed E-state index contributed by atoms with van der Waals surface area (Å²) in [5.74, 6) is 0.797. The number of anilines is 1. The first-order valence-corrected chi connectivity index (χ1v) is 6.70. The van der Waals surface area contributed by atoms with Gasteiger partial charge in [0.15, 0.2) is 0 Å². The lowest BCUT2D eigenvalue weighted by Gasteiger charge is -2.19. The van der Waals surface area contributed by atoms with Crippen LogP contribution in [-0.2, 0) is 4.79 Å². The van der Waals surface area contributed by atoms with Gasteiger partial charge in [-0.1, -0.05) is 17.7 Å². The molecule has 0 aliphatic heterocycles. The van der Waals surface area contributed by atoms with Crippen LogP contribution in [0.4, 0.5) is 5.69 Å². The smallest absolute Gasteiger partial charge is 0.241 e. The van der Waals surface area contributed by atoms with Crippen LogP contribution in [0.3, 0.4) is 0 Å². The van der Waals surface area contributed by atoms with Crippen LogP contribution in [-0.4, -0.2) is 18.0 Å². The molecule has 3 nitrogen and oxygen atoms in total. The van der Waals surface area contributed by atoms with Crippen molar-refractivity contribution in [3.63, 3.8) is 0 Å². The van der Waals surface area contributed by atoms with Crippen molar-refractivity contribution in [2.24, 2.45) is 5.92 Å². The first-order valence-electron chi connectivity index (χ1n) is 6.70. The summed E-state index contributed by atoms with van der Waals surface area (Å²) in [6, 6.07) is 8.15. The molecule has 1 aliphatic rings. The van der Waals surface area contributed by atoms with Gasteiger partial charge in [0.2, 0.25) is 5.91 Å². The lowest BCUT2D eigenvalue weighted by Crippen LogP contribution is -2.43. The third-order valence-electron chi connectivity index (χ3n) is 3.55. The van der Waals surface area contributed by atoms with Crippen LogP contribution in [0.5, 0.6) is 0 Å². The Morgan fingerprint density at radius 3 is 2.39 bits per heavy atom. The first kappa shape index (κ1) is 13.1. The number of carbonyl (C=O) groups is 1. The van der Waals surface area contributed by atoms with E-state index in [9.17, 15) is 4.79 Å². The standard InChI is InChI=1S/C15H22N2O/c1-10-4-8-14(9-5-10)17-15(18)12(3)16-11(2)13-6-7-13/h4-5,8-9,11-13,16H,6-7H2,1-3H3,(H,17,18). The Balaban J connectivity index is 1.84. The van der Waals surface area contributed by atoms with Crippen LogP contribution >= 0.6 is 0 Å². The number of aryl methyl sites for hydroxylation is 1. The van der Waals surface area contributed by atoms with Gasteiger partial charge in [-0.3, -0.25) is 4.79 Å². The molecular weight excluding hydrogens is 224 g/mol. The molecule has 98 valence electrons. The molecule has 0 spiro atoms. The highest BCUT2D eigenvalue weighted by Crippen LogP contribution is 2.32. The fourth-order valence-corrected chi connectivity index (χ4v) is 2.09. The minimum atomic E-state index is -0.151. The van der Waals surface area contributed by atoms with Gasteiger partial charge in [-0.2, -0.15) is 0 Å². The predicted molar refractivity (Wildman–Crippen MR) is 74.6 cm³/mol. The molecule has 1 aromatic rings. The number of hydrogen-bond donors (Lipinski definition) is 2. The summed E-state index contributed by atoms with van der Waals surface area (Å²) in [4.78, 5) is 12.0. The van der Waals surface area contributed by atoms with Crippen molar-refractivity contribution in [3.05, 3.63) is 29.8 Å². The minimum absolute atomic E-state index is 0.0337. The van der Waals surface area contributed by atoms with E-state index in [2.05, 4.69) is 17.6 Å². The molecule has 0 radical (unpaired) electrons. The third kappa shape index (κ3) is 3.57. The van der Waals surface area contributed by atoms with Gasteiger partial charge < -0.3 is 10.6 Å². The Kier molecular flexibility index (Phi) is 4.02. The van der Waals surface area contributed by atoms with Crippen molar-refractivity contribution >= 4 is 11.6 Å². The number of benzene rings is 1. The lowest BCUT2D eigenvalue weighted by atomic mass is 10.1. The Morgan fingerprint density at radius 1 is 1.22 bits per heavy atom. The van der Waals surface area contributed by atoms with Crippen molar-refractivity contribution in [1.29, 1.82) is 0 Å². The van der Waals surface area contributed by atoms with E-state index in [0.29, 0.717) is 6.04 Å². The average molecular weight is 246 g/mol. The van der Waals surface area contributed by atoms with Crippen LogP contribution < -0.4 is 10.6 Å². The molecule has 0 saturated heterocycles. The zero-order chi connectivity index (χ0) is 13.1. The summed E-state index contributed by atoms with van der Waals surface area (Å²) in [5.41, 5.74) is 2.06. The van der Waals surface area contributed by atoms with Crippen LogP contribution in [0.25, 0.3) is 0 Å². The van der Waals surface area contributed by atoms with E-state index in [1.807, 2.05) is 38.1 Å². The third-order valence-corrected chi connectivity index (χ3v) is 3.55. The van der Waals surface area contributed by atoms with Gasteiger partial charge in [0.05, 0.1) is 6.04 Å². The van der Waals surface area contributed by atoms with Gasteiger partial charge in [-0.15, -0.1) is 0 Å². The number of carbonyl (C=O) groups excluding carboxylic acids is 1. The molecule has 1 amide bonds. The zero-order valence-electron chi connectivity index (χ0n) is 11.4. The molecule has 2 N–H and O–H groups in total. The monoisotopic (exact) mass is 246 g/mol. The molecule has 2 unspecified atom stereocenters. The second-order valence-corrected chi connectivity index (χ2v) is 5.37. The topological polar surface area (TPSA) is 41.1 Å². The maximum Gasteiger partial charge on any atom is 0.241 e. The van der Waals surface area contributed by atoms with Crippen molar-refractivity contribution in [1.82, 2.24) is 5.32 Å². The van der Waals surface area contributed by atoms with Gasteiger partial charge in [-0.05, 0) is 51.7 Å². The largest absolute Gasteiger partial charge is 0.325 e. The quantitative estimate of drug-likeness (QED) is 0.838.